The minimum atomic E-state index is -0.0677. The molecular formula is C14H18N2O3. The lowest BCUT2D eigenvalue weighted by Crippen LogP contribution is -2.44. The molecule has 1 amide bonds. The van der Waals surface area contributed by atoms with Gasteiger partial charge in [0.25, 0.3) is 5.91 Å². The first-order chi connectivity index (χ1) is 9.19. The first kappa shape index (κ1) is 12.4. The van der Waals surface area contributed by atoms with Gasteiger partial charge in [0, 0.05) is 13.1 Å². The molecule has 1 atom stereocenters. The van der Waals surface area contributed by atoms with Crippen LogP contribution in [0.15, 0.2) is 18.2 Å². The average molecular weight is 262 g/mol. The van der Waals surface area contributed by atoms with Gasteiger partial charge < -0.3 is 5.11 Å². The quantitative estimate of drug-likeness (QED) is 0.861. The lowest BCUT2D eigenvalue weighted by Gasteiger charge is -2.32. The molecule has 0 bridgehead atoms. The summed E-state index contributed by atoms with van der Waals surface area (Å²) < 4.78 is 0. The molecule has 0 saturated carbocycles. The van der Waals surface area contributed by atoms with Crippen molar-refractivity contribution in [2.24, 2.45) is 0 Å². The van der Waals surface area contributed by atoms with E-state index in [2.05, 4.69) is 4.90 Å². The number of nitrogens with zero attached hydrogens (tertiary/aromatic N) is 2. The number of rotatable bonds is 2. The van der Waals surface area contributed by atoms with E-state index >= 15 is 0 Å². The van der Waals surface area contributed by atoms with Gasteiger partial charge in [-0.15, -0.1) is 0 Å². The predicted octanol–water partition coefficient (Wildman–Crippen LogP) is 0.913. The fourth-order valence-corrected chi connectivity index (χ4v) is 2.99. The highest BCUT2D eigenvalue weighted by molar-refractivity contribution is 5.83. The standard InChI is InChI=1S/C14H18N2O3/c1-19-16-7-5-13(14(16)18)15-6-4-10-8-12(17)3-2-11(10)9-15/h2-3,8,13,17H,4-7,9H2,1H3. The monoisotopic (exact) mass is 262 g/mol. The van der Waals surface area contributed by atoms with Gasteiger partial charge in [-0.2, -0.15) is 0 Å². The Hall–Kier alpha value is -1.59. The summed E-state index contributed by atoms with van der Waals surface area (Å²) in [5, 5.41) is 10.9. The number of fused-ring (bicyclic) bond motifs is 1. The van der Waals surface area contributed by atoms with Crippen LogP contribution in [0.5, 0.6) is 5.75 Å². The minimum Gasteiger partial charge on any atom is -0.508 e. The maximum atomic E-state index is 12.1. The Kier molecular flexibility index (Phi) is 3.16. The molecule has 5 nitrogen and oxygen atoms in total. The van der Waals surface area contributed by atoms with E-state index in [0.29, 0.717) is 12.3 Å². The first-order valence-corrected chi connectivity index (χ1v) is 6.59. The van der Waals surface area contributed by atoms with Gasteiger partial charge in [-0.25, -0.2) is 5.06 Å². The minimum absolute atomic E-state index is 0.0599. The van der Waals surface area contributed by atoms with Gasteiger partial charge in [-0.3, -0.25) is 14.5 Å². The predicted molar refractivity (Wildman–Crippen MR) is 69.3 cm³/mol. The largest absolute Gasteiger partial charge is 0.508 e. The zero-order valence-electron chi connectivity index (χ0n) is 11.0. The third-order valence-corrected chi connectivity index (χ3v) is 4.03. The molecule has 1 fully saturated rings. The number of carbonyl (C=O) groups is 1. The summed E-state index contributed by atoms with van der Waals surface area (Å²) in [6, 6.07) is 5.41. The maximum absolute atomic E-state index is 12.1. The summed E-state index contributed by atoms with van der Waals surface area (Å²) in [6.45, 7) is 2.28. The Balaban J connectivity index is 1.76. The topological polar surface area (TPSA) is 53.0 Å². The smallest absolute Gasteiger partial charge is 0.263 e. The number of phenolic OH excluding ortho intramolecular Hbond substituents is 1. The number of hydroxylamine groups is 2. The second-order valence-corrected chi connectivity index (χ2v) is 5.10. The number of benzene rings is 1. The molecular weight excluding hydrogens is 244 g/mol. The molecule has 2 aliphatic heterocycles. The highest BCUT2D eigenvalue weighted by Gasteiger charge is 2.37. The van der Waals surface area contributed by atoms with E-state index in [-0.39, 0.29) is 11.9 Å². The fourth-order valence-electron chi connectivity index (χ4n) is 2.99. The van der Waals surface area contributed by atoms with Crippen LogP contribution in [0.25, 0.3) is 0 Å². The van der Waals surface area contributed by atoms with E-state index in [0.717, 1.165) is 25.9 Å². The molecule has 0 aliphatic carbocycles. The number of hydrogen-bond acceptors (Lipinski definition) is 4. The van der Waals surface area contributed by atoms with Crippen LogP contribution in [0.1, 0.15) is 17.5 Å². The third-order valence-electron chi connectivity index (χ3n) is 4.03. The summed E-state index contributed by atoms with van der Waals surface area (Å²) >= 11 is 0. The highest BCUT2D eigenvalue weighted by Crippen LogP contribution is 2.27. The van der Waals surface area contributed by atoms with Crippen LogP contribution in [0.2, 0.25) is 0 Å². The molecule has 2 heterocycles. The second kappa shape index (κ2) is 4.83. The molecule has 1 unspecified atom stereocenters. The summed E-state index contributed by atoms with van der Waals surface area (Å²) in [5.74, 6) is 0.374. The van der Waals surface area contributed by atoms with Gasteiger partial charge in [0.1, 0.15) is 5.75 Å². The summed E-state index contributed by atoms with van der Waals surface area (Å²) in [5.41, 5.74) is 2.39. The molecule has 0 spiro atoms. The van der Waals surface area contributed by atoms with E-state index in [1.165, 1.54) is 23.3 Å². The van der Waals surface area contributed by atoms with Crippen molar-refractivity contribution in [3.63, 3.8) is 0 Å². The summed E-state index contributed by atoms with van der Waals surface area (Å²) in [4.78, 5) is 19.4. The van der Waals surface area contributed by atoms with Gasteiger partial charge in [-0.1, -0.05) is 6.07 Å². The Morgan fingerprint density at radius 1 is 1.32 bits per heavy atom. The van der Waals surface area contributed by atoms with Crippen molar-refractivity contribution in [3.8, 4) is 5.75 Å². The Morgan fingerprint density at radius 2 is 2.16 bits per heavy atom. The SMILES string of the molecule is CON1CCC(N2CCc3cc(O)ccc3C2)C1=O. The molecule has 0 aromatic heterocycles. The average Bonchev–Trinajstić information content (AvgIpc) is 2.79. The molecule has 1 aromatic rings. The lowest BCUT2D eigenvalue weighted by molar-refractivity contribution is -0.170. The van der Waals surface area contributed by atoms with Gasteiger partial charge in [0.15, 0.2) is 0 Å². The molecule has 5 heteroatoms. The number of aromatic hydroxyl groups is 1. The fraction of sp³-hybridized carbons (Fsp3) is 0.500. The van der Waals surface area contributed by atoms with Crippen LogP contribution in [0, 0.1) is 0 Å². The van der Waals surface area contributed by atoms with Gasteiger partial charge in [-0.05, 0) is 36.1 Å². The molecule has 2 aliphatic rings. The van der Waals surface area contributed by atoms with Crippen molar-refractivity contribution in [3.05, 3.63) is 29.3 Å². The van der Waals surface area contributed by atoms with Crippen molar-refractivity contribution in [2.45, 2.75) is 25.4 Å². The van der Waals surface area contributed by atoms with Crippen molar-refractivity contribution in [1.82, 2.24) is 9.96 Å². The normalized spacial score (nSPS) is 23.7. The van der Waals surface area contributed by atoms with Crippen LogP contribution in [0.3, 0.4) is 0 Å². The zero-order valence-corrected chi connectivity index (χ0v) is 11.0. The van der Waals surface area contributed by atoms with E-state index in [1.807, 2.05) is 12.1 Å². The van der Waals surface area contributed by atoms with E-state index < -0.39 is 0 Å². The van der Waals surface area contributed by atoms with Gasteiger partial charge in [0.05, 0.1) is 19.7 Å². The first-order valence-electron chi connectivity index (χ1n) is 6.59. The molecule has 0 radical (unpaired) electrons. The zero-order chi connectivity index (χ0) is 13.4. The van der Waals surface area contributed by atoms with E-state index in [4.69, 9.17) is 4.84 Å². The van der Waals surface area contributed by atoms with Crippen molar-refractivity contribution < 1.29 is 14.7 Å². The number of amides is 1. The van der Waals surface area contributed by atoms with E-state index in [9.17, 15) is 9.90 Å². The third kappa shape index (κ3) is 2.19. The lowest BCUT2D eigenvalue weighted by atomic mass is 9.98. The number of carbonyl (C=O) groups excluding carboxylic acids is 1. The maximum Gasteiger partial charge on any atom is 0.263 e. The van der Waals surface area contributed by atoms with Gasteiger partial charge >= 0.3 is 0 Å². The summed E-state index contributed by atoms with van der Waals surface area (Å²) in [7, 11) is 1.54. The van der Waals surface area contributed by atoms with Crippen molar-refractivity contribution in [1.29, 1.82) is 0 Å². The van der Waals surface area contributed by atoms with E-state index in [1.54, 1.807) is 6.07 Å². The molecule has 1 aromatic carbocycles. The summed E-state index contributed by atoms with van der Waals surface area (Å²) in [6.07, 6.45) is 1.70. The molecule has 102 valence electrons. The highest BCUT2D eigenvalue weighted by atomic mass is 16.7. The molecule has 1 N–H and O–H groups in total. The van der Waals surface area contributed by atoms with Crippen LogP contribution in [0.4, 0.5) is 0 Å². The number of hydrogen-bond donors (Lipinski definition) is 1. The molecule has 1 saturated heterocycles. The molecule has 3 rings (SSSR count). The van der Waals surface area contributed by atoms with Gasteiger partial charge in [0.2, 0.25) is 0 Å². The Morgan fingerprint density at radius 3 is 2.89 bits per heavy atom. The van der Waals surface area contributed by atoms with Crippen molar-refractivity contribution >= 4 is 5.91 Å². The molecule has 19 heavy (non-hydrogen) atoms. The van der Waals surface area contributed by atoms with Crippen molar-refractivity contribution in [2.75, 3.05) is 20.2 Å². The van der Waals surface area contributed by atoms with Crippen LogP contribution >= 0.6 is 0 Å². The number of phenols is 1. The van der Waals surface area contributed by atoms with Crippen LogP contribution in [-0.4, -0.2) is 47.2 Å². The Bertz CT molecular complexity index is 503. The van der Waals surface area contributed by atoms with Crippen LogP contribution in [-0.2, 0) is 22.6 Å². The van der Waals surface area contributed by atoms with Crippen LogP contribution < -0.4 is 0 Å². The second-order valence-electron chi connectivity index (χ2n) is 5.10. The Labute approximate surface area is 112 Å².